The van der Waals surface area contributed by atoms with Crippen molar-refractivity contribution in [1.29, 1.82) is 0 Å². The lowest BCUT2D eigenvalue weighted by atomic mass is 10.0. The first-order valence-corrected chi connectivity index (χ1v) is 9.31. The lowest BCUT2D eigenvalue weighted by molar-refractivity contribution is 0.473. The van der Waals surface area contributed by atoms with E-state index in [0.29, 0.717) is 10.9 Å². The van der Waals surface area contributed by atoms with Gasteiger partial charge in [-0.05, 0) is 60.3 Å². The molecule has 0 saturated heterocycles. The number of rotatable bonds is 4. The van der Waals surface area contributed by atoms with Crippen molar-refractivity contribution >= 4 is 38.0 Å². The largest absolute Gasteiger partial charge is 0.506 e. The van der Waals surface area contributed by atoms with Crippen LogP contribution in [0.25, 0.3) is 10.8 Å². The Morgan fingerprint density at radius 3 is 2.41 bits per heavy atom. The maximum Gasteiger partial charge on any atom is 0.294 e. The van der Waals surface area contributed by atoms with Crippen LogP contribution in [0, 0.1) is 6.92 Å². The molecule has 0 aliphatic heterocycles. The Morgan fingerprint density at radius 1 is 1.00 bits per heavy atom. The summed E-state index contributed by atoms with van der Waals surface area (Å²) < 4.78 is 31.6. The van der Waals surface area contributed by atoms with Gasteiger partial charge in [-0.2, -0.15) is 8.42 Å². The molecule has 4 N–H and O–H groups in total. The molecule has 0 aliphatic carbocycles. The minimum atomic E-state index is -4.44. The molecular weight excluding hydrogens is 370 g/mol. The average Bonchev–Trinajstić information content (AvgIpc) is 2.61. The molecule has 0 spiro atoms. The van der Waals surface area contributed by atoms with E-state index in [9.17, 15) is 18.6 Å². The molecule has 0 unspecified atom stereocenters. The molecule has 0 aromatic heterocycles. The van der Waals surface area contributed by atoms with Crippen molar-refractivity contribution in [1.82, 2.24) is 0 Å². The molecule has 0 saturated carbocycles. The molecule has 8 nitrogen and oxygen atoms in total. The Morgan fingerprint density at radius 2 is 1.74 bits per heavy atom. The molecule has 140 valence electrons. The van der Waals surface area contributed by atoms with Crippen LogP contribution in [0.15, 0.2) is 57.6 Å². The van der Waals surface area contributed by atoms with Gasteiger partial charge >= 0.3 is 0 Å². The highest BCUT2D eigenvalue weighted by molar-refractivity contribution is 7.85. The number of nitrogens with zero attached hydrogens (tertiary/aromatic N) is 2. The zero-order valence-corrected chi connectivity index (χ0v) is 15.3. The molecule has 27 heavy (non-hydrogen) atoms. The van der Waals surface area contributed by atoms with Gasteiger partial charge in [-0.1, -0.05) is 0 Å². The fraction of sp³-hybridized carbons (Fsp3) is 0.111. The third kappa shape index (κ3) is 3.69. The van der Waals surface area contributed by atoms with Gasteiger partial charge in [-0.25, -0.2) is 0 Å². The van der Waals surface area contributed by atoms with Crippen molar-refractivity contribution in [2.45, 2.75) is 11.8 Å². The fourth-order valence-electron chi connectivity index (χ4n) is 2.64. The van der Waals surface area contributed by atoms with Crippen LogP contribution < -0.4 is 5.32 Å². The molecule has 0 atom stereocenters. The fourth-order valence-corrected chi connectivity index (χ4v) is 3.14. The number of aryl methyl sites for hydroxylation is 1. The van der Waals surface area contributed by atoms with Crippen molar-refractivity contribution in [2.75, 3.05) is 12.4 Å². The number of azo groups is 1. The Balaban J connectivity index is 2.09. The number of fused-ring (bicyclic) bond motifs is 1. The Kier molecular flexibility index (Phi) is 4.73. The van der Waals surface area contributed by atoms with Gasteiger partial charge in [0, 0.05) is 18.1 Å². The monoisotopic (exact) mass is 387 g/mol. The SMILES string of the molecule is CNc1ccc2c(O)c(N=Nc3cc(S(=O)(=O)O)ccc3O)c(C)cc2c1. The Hall–Kier alpha value is -3.17. The first-order chi connectivity index (χ1) is 12.7. The van der Waals surface area contributed by atoms with Crippen LogP contribution in [0.1, 0.15) is 5.56 Å². The summed E-state index contributed by atoms with van der Waals surface area (Å²) in [4.78, 5) is -0.423. The highest BCUT2D eigenvalue weighted by Gasteiger charge is 2.14. The van der Waals surface area contributed by atoms with Gasteiger partial charge in [-0.15, -0.1) is 10.2 Å². The number of phenols is 2. The molecule has 9 heteroatoms. The molecule has 3 aromatic carbocycles. The van der Waals surface area contributed by atoms with Gasteiger partial charge in [0.1, 0.15) is 17.1 Å². The van der Waals surface area contributed by atoms with E-state index < -0.39 is 15.0 Å². The van der Waals surface area contributed by atoms with Crippen molar-refractivity contribution in [3.63, 3.8) is 0 Å². The van der Waals surface area contributed by atoms with Crippen molar-refractivity contribution < 1.29 is 23.2 Å². The maximum absolute atomic E-state index is 11.2. The lowest BCUT2D eigenvalue weighted by Crippen LogP contribution is -1.96. The zero-order valence-electron chi connectivity index (χ0n) is 14.5. The predicted molar refractivity (Wildman–Crippen MR) is 102 cm³/mol. The summed E-state index contributed by atoms with van der Waals surface area (Å²) in [5, 5.41) is 32.6. The van der Waals surface area contributed by atoms with Gasteiger partial charge < -0.3 is 15.5 Å². The minimum Gasteiger partial charge on any atom is -0.506 e. The van der Waals surface area contributed by atoms with Crippen LogP contribution in [-0.2, 0) is 10.1 Å². The maximum atomic E-state index is 11.2. The topological polar surface area (TPSA) is 132 Å². The molecule has 0 amide bonds. The molecule has 3 aromatic rings. The van der Waals surface area contributed by atoms with E-state index in [1.165, 1.54) is 0 Å². The lowest BCUT2D eigenvalue weighted by Gasteiger charge is -2.09. The smallest absolute Gasteiger partial charge is 0.294 e. The van der Waals surface area contributed by atoms with E-state index in [0.717, 1.165) is 29.3 Å². The summed E-state index contributed by atoms with van der Waals surface area (Å²) in [6.45, 7) is 1.74. The molecule has 0 fully saturated rings. The molecule has 0 aliphatic rings. The van der Waals surface area contributed by atoms with E-state index in [1.54, 1.807) is 26.1 Å². The quantitative estimate of drug-likeness (QED) is 0.391. The number of benzene rings is 3. The second-order valence-electron chi connectivity index (χ2n) is 5.90. The standard InChI is InChI=1S/C18H17N3O5S/c1-10-7-11-8-12(19-2)3-5-14(11)18(23)17(10)21-20-15-9-13(27(24,25)26)4-6-16(15)22/h3-9,19,22-23H,1-2H3,(H,24,25,26). The summed E-state index contributed by atoms with van der Waals surface area (Å²) in [5.74, 6) is -0.399. The van der Waals surface area contributed by atoms with Crippen LogP contribution in [0.2, 0.25) is 0 Å². The molecule has 0 bridgehead atoms. The average molecular weight is 387 g/mol. The van der Waals surface area contributed by atoms with Crippen molar-refractivity contribution in [2.24, 2.45) is 10.2 Å². The van der Waals surface area contributed by atoms with Gasteiger partial charge in [0.2, 0.25) is 0 Å². The van der Waals surface area contributed by atoms with E-state index in [-0.39, 0.29) is 22.9 Å². The van der Waals surface area contributed by atoms with Crippen LogP contribution in [0.4, 0.5) is 17.1 Å². The second-order valence-corrected chi connectivity index (χ2v) is 7.32. The van der Waals surface area contributed by atoms with Crippen LogP contribution in [0.3, 0.4) is 0 Å². The first-order valence-electron chi connectivity index (χ1n) is 7.87. The van der Waals surface area contributed by atoms with Crippen LogP contribution in [0.5, 0.6) is 11.5 Å². The molecule has 0 heterocycles. The number of hydrogen-bond donors (Lipinski definition) is 4. The van der Waals surface area contributed by atoms with Gasteiger partial charge in [-0.3, -0.25) is 4.55 Å². The van der Waals surface area contributed by atoms with Gasteiger partial charge in [0.05, 0.1) is 4.90 Å². The number of hydrogen-bond acceptors (Lipinski definition) is 7. The third-order valence-electron chi connectivity index (χ3n) is 4.07. The molecule has 0 radical (unpaired) electrons. The van der Waals surface area contributed by atoms with E-state index >= 15 is 0 Å². The summed E-state index contributed by atoms with van der Waals surface area (Å²) in [6.07, 6.45) is 0. The van der Waals surface area contributed by atoms with Crippen molar-refractivity contribution in [3.05, 3.63) is 48.0 Å². The Labute approximate surface area is 155 Å². The summed E-state index contributed by atoms with van der Waals surface area (Å²) in [6, 6.07) is 10.4. The minimum absolute atomic E-state index is 0.0816. The second kappa shape index (κ2) is 6.86. The molecular formula is C18H17N3O5S. The zero-order chi connectivity index (χ0) is 19.8. The third-order valence-corrected chi connectivity index (χ3v) is 4.92. The number of aromatic hydroxyl groups is 2. The van der Waals surface area contributed by atoms with E-state index in [1.807, 2.05) is 12.1 Å². The number of anilines is 1. The van der Waals surface area contributed by atoms with Gasteiger partial charge in [0.15, 0.2) is 5.75 Å². The number of nitrogens with one attached hydrogen (secondary N) is 1. The van der Waals surface area contributed by atoms with Crippen LogP contribution >= 0.6 is 0 Å². The first kappa shape index (κ1) is 18.6. The number of phenolic OH excluding ortho intramolecular Hbond substituents is 2. The van der Waals surface area contributed by atoms with Crippen molar-refractivity contribution in [3.8, 4) is 11.5 Å². The predicted octanol–water partition coefficient (Wildman–Crippen LogP) is 4.26. The summed E-state index contributed by atoms with van der Waals surface area (Å²) in [7, 11) is -2.65. The normalized spacial score (nSPS) is 12.0. The summed E-state index contributed by atoms with van der Waals surface area (Å²) in [5.41, 5.74) is 1.57. The van der Waals surface area contributed by atoms with E-state index in [4.69, 9.17) is 4.55 Å². The van der Waals surface area contributed by atoms with Gasteiger partial charge in [0.25, 0.3) is 10.1 Å². The van der Waals surface area contributed by atoms with E-state index in [2.05, 4.69) is 15.5 Å². The van der Waals surface area contributed by atoms with Crippen LogP contribution in [-0.4, -0.2) is 30.2 Å². The summed E-state index contributed by atoms with van der Waals surface area (Å²) >= 11 is 0. The highest BCUT2D eigenvalue weighted by Crippen LogP contribution is 2.40. The highest BCUT2D eigenvalue weighted by atomic mass is 32.2. The Bertz CT molecular complexity index is 1170. The molecule has 3 rings (SSSR count).